The van der Waals surface area contributed by atoms with Gasteiger partial charge in [0.2, 0.25) is 0 Å². The molecule has 124 valence electrons. The van der Waals surface area contributed by atoms with E-state index in [1.807, 2.05) is 12.2 Å². The van der Waals surface area contributed by atoms with Crippen molar-refractivity contribution in [2.45, 2.75) is 46.6 Å². The van der Waals surface area contributed by atoms with E-state index in [0.717, 1.165) is 37.3 Å². The average molecular weight is 331 g/mol. The lowest BCUT2D eigenvalue weighted by Gasteiger charge is -2.05. The summed E-state index contributed by atoms with van der Waals surface area (Å²) in [5.74, 6) is 0.981. The van der Waals surface area contributed by atoms with Gasteiger partial charge in [-0.15, -0.1) is 6.58 Å². The molecule has 1 rings (SSSR count). The standard InChI is InChI=1S/C20H27ClN2/c1-6-9-10-12-20-22-19(15-23(20)8-3)18(11-7-2)14-16(4)13-17(5)21/h6,10-13,15H,1,5,7-9,14H2,2-4H3/b12-10+,16-13-,18-11+. The van der Waals surface area contributed by atoms with Crippen molar-refractivity contribution in [1.82, 2.24) is 9.55 Å². The Hall–Kier alpha value is -1.80. The monoisotopic (exact) mass is 330 g/mol. The zero-order chi connectivity index (χ0) is 17.2. The third kappa shape index (κ3) is 6.45. The van der Waals surface area contributed by atoms with Gasteiger partial charge in [-0.3, -0.25) is 0 Å². The maximum Gasteiger partial charge on any atom is 0.132 e. The lowest BCUT2D eigenvalue weighted by Crippen LogP contribution is -1.94. The van der Waals surface area contributed by atoms with Crippen LogP contribution in [-0.4, -0.2) is 9.55 Å². The number of halogens is 1. The Morgan fingerprint density at radius 1 is 1.39 bits per heavy atom. The van der Waals surface area contributed by atoms with Gasteiger partial charge in [0, 0.05) is 17.8 Å². The van der Waals surface area contributed by atoms with Gasteiger partial charge >= 0.3 is 0 Å². The van der Waals surface area contributed by atoms with Crippen LogP contribution in [-0.2, 0) is 6.54 Å². The quantitative estimate of drug-likeness (QED) is 0.379. The minimum absolute atomic E-state index is 0.561. The third-order valence-electron chi connectivity index (χ3n) is 3.37. The van der Waals surface area contributed by atoms with Gasteiger partial charge in [-0.05, 0) is 50.8 Å². The van der Waals surface area contributed by atoms with Crippen molar-refractivity contribution >= 4 is 23.3 Å². The predicted molar refractivity (Wildman–Crippen MR) is 103 cm³/mol. The fourth-order valence-corrected chi connectivity index (χ4v) is 2.56. The van der Waals surface area contributed by atoms with Crippen molar-refractivity contribution in [3.05, 3.63) is 65.8 Å². The van der Waals surface area contributed by atoms with Crippen LogP contribution < -0.4 is 0 Å². The van der Waals surface area contributed by atoms with Crippen LogP contribution in [0.1, 0.15) is 51.6 Å². The first-order chi connectivity index (χ1) is 11.0. The largest absolute Gasteiger partial charge is 0.331 e. The van der Waals surface area contributed by atoms with Crippen LogP contribution >= 0.6 is 11.6 Å². The molecule has 0 aliphatic rings. The number of hydrogen-bond acceptors (Lipinski definition) is 1. The molecular formula is C20H27ClN2. The third-order valence-corrected chi connectivity index (χ3v) is 3.48. The molecular weight excluding hydrogens is 304 g/mol. The Bertz CT molecular complexity index is 630. The first kappa shape index (κ1) is 19.2. The van der Waals surface area contributed by atoms with Crippen LogP contribution in [0.3, 0.4) is 0 Å². The lowest BCUT2D eigenvalue weighted by atomic mass is 10.0. The second-order valence-corrected chi connectivity index (χ2v) is 5.93. The van der Waals surface area contributed by atoms with E-state index in [1.165, 1.54) is 11.1 Å². The summed E-state index contributed by atoms with van der Waals surface area (Å²) in [4.78, 5) is 4.79. The van der Waals surface area contributed by atoms with E-state index in [2.05, 4.69) is 62.9 Å². The van der Waals surface area contributed by atoms with Gasteiger partial charge in [0.1, 0.15) is 5.82 Å². The van der Waals surface area contributed by atoms with E-state index in [0.29, 0.717) is 5.03 Å². The lowest BCUT2D eigenvalue weighted by molar-refractivity contribution is 0.752. The van der Waals surface area contributed by atoms with Gasteiger partial charge in [0.05, 0.1) is 5.69 Å². The maximum absolute atomic E-state index is 5.87. The van der Waals surface area contributed by atoms with Crippen molar-refractivity contribution in [2.24, 2.45) is 0 Å². The van der Waals surface area contributed by atoms with Gasteiger partial charge in [-0.2, -0.15) is 0 Å². The number of hydrogen-bond donors (Lipinski definition) is 0. The molecule has 0 saturated carbocycles. The summed E-state index contributed by atoms with van der Waals surface area (Å²) >= 11 is 5.87. The highest BCUT2D eigenvalue weighted by atomic mass is 35.5. The molecule has 0 aliphatic heterocycles. The smallest absolute Gasteiger partial charge is 0.132 e. The van der Waals surface area contributed by atoms with E-state index >= 15 is 0 Å². The molecule has 0 aliphatic carbocycles. The molecule has 23 heavy (non-hydrogen) atoms. The van der Waals surface area contributed by atoms with Gasteiger partial charge in [0.25, 0.3) is 0 Å². The number of rotatable bonds is 9. The van der Waals surface area contributed by atoms with Gasteiger partial charge < -0.3 is 4.57 Å². The van der Waals surface area contributed by atoms with Crippen molar-refractivity contribution in [1.29, 1.82) is 0 Å². The van der Waals surface area contributed by atoms with E-state index in [-0.39, 0.29) is 0 Å². The average Bonchev–Trinajstić information content (AvgIpc) is 2.89. The zero-order valence-electron chi connectivity index (χ0n) is 14.5. The molecule has 0 spiro atoms. The summed E-state index contributed by atoms with van der Waals surface area (Å²) in [5, 5.41) is 0.561. The molecule has 0 bridgehead atoms. The number of nitrogens with zero attached hydrogens (tertiary/aromatic N) is 2. The highest BCUT2D eigenvalue weighted by molar-refractivity contribution is 6.30. The second-order valence-electron chi connectivity index (χ2n) is 5.45. The minimum atomic E-state index is 0.561. The molecule has 0 aromatic carbocycles. The Kier molecular flexibility index (Phi) is 8.42. The summed E-state index contributed by atoms with van der Waals surface area (Å²) in [6, 6.07) is 0. The Morgan fingerprint density at radius 3 is 2.70 bits per heavy atom. The van der Waals surface area contributed by atoms with E-state index in [4.69, 9.17) is 16.6 Å². The molecule has 0 unspecified atom stereocenters. The van der Waals surface area contributed by atoms with Crippen LogP contribution in [0.15, 0.2) is 54.3 Å². The van der Waals surface area contributed by atoms with Crippen LogP contribution in [0.4, 0.5) is 0 Å². The number of imidazole rings is 1. The van der Waals surface area contributed by atoms with Crippen LogP contribution in [0.2, 0.25) is 0 Å². The molecule has 0 atom stereocenters. The highest BCUT2D eigenvalue weighted by Gasteiger charge is 2.09. The Labute approximate surface area is 145 Å². The molecule has 1 aromatic rings. The summed E-state index contributed by atoms with van der Waals surface area (Å²) in [7, 11) is 0. The van der Waals surface area contributed by atoms with Crippen molar-refractivity contribution in [3.63, 3.8) is 0 Å². The molecule has 1 heterocycles. The predicted octanol–water partition coefficient (Wildman–Crippen LogP) is 6.37. The second kappa shape index (κ2) is 10.1. The molecule has 1 aromatic heterocycles. The topological polar surface area (TPSA) is 17.8 Å². The minimum Gasteiger partial charge on any atom is -0.331 e. The van der Waals surface area contributed by atoms with Crippen LogP contribution in [0.5, 0.6) is 0 Å². The van der Waals surface area contributed by atoms with Gasteiger partial charge in [-0.1, -0.05) is 48.9 Å². The zero-order valence-corrected chi connectivity index (χ0v) is 15.2. The van der Waals surface area contributed by atoms with Crippen LogP contribution in [0.25, 0.3) is 11.6 Å². The Morgan fingerprint density at radius 2 is 2.13 bits per heavy atom. The molecule has 0 radical (unpaired) electrons. The first-order valence-electron chi connectivity index (χ1n) is 8.07. The fourth-order valence-electron chi connectivity index (χ4n) is 2.37. The number of aromatic nitrogens is 2. The summed E-state index contributed by atoms with van der Waals surface area (Å²) < 4.78 is 2.16. The first-order valence-corrected chi connectivity index (χ1v) is 8.45. The van der Waals surface area contributed by atoms with E-state index in [9.17, 15) is 0 Å². The molecule has 0 saturated heterocycles. The Balaban J connectivity index is 3.11. The van der Waals surface area contributed by atoms with Crippen LogP contribution in [0, 0.1) is 0 Å². The molecule has 2 nitrogen and oxygen atoms in total. The summed E-state index contributed by atoms with van der Waals surface area (Å²) in [5.41, 5.74) is 3.43. The SMILES string of the molecule is C=CC/C=C/c1nc(/C(=C/CC)C/C(C)=C\C(=C)Cl)cn1CC. The van der Waals surface area contributed by atoms with Crippen molar-refractivity contribution in [2.75, 3.05) is 0 Å². The van der Waals surface area contributed by atoms with Crippen molar-refractivity contribution < 1.29 is 0 Å². The summed E-state index contributed by atoms with van der Waals surface area (Å²) in [6.45, 7) is 14.7. The molecule has 0 amide bonds. The normalized spacial score (nSPS) is 12.9. The van der Waals surface area contributed by atoms with E-state index in [1.54, 1.807) is 0 Å². The molecule has 0 N–H and O–H groups in total. The van der Waals surface area contributed by atoms with E-state index < -0.39 is 0 Å². The highest BCUT2D eigenvalue weighted by Crippen LogP contribution is 2.24. The molecule has 3 heteroatoms. The summed E-state index contributed by atoms with van der Waals surface area (Å²) in [6.07, 6.45) is 14.9. The number of allylic oxidation sites excluding steroid dienone is 7. The van der Waals surface area contributed by atoms with Gasteiger partial charge in [-0.25, -0.2) is 4.98 Å². The van der Waals surface area contributed by atoms with Gasteiger partial charge in [0.15, 0.2) is 0 Å². The number of aryl methyl sites for hydroxylation is 1. The van der Waals surface area contributed by atoms with Crippen molar-refractivity contribution in [3.8, 4) is 0 Å². The fraction of sp³-hybridized carbons (Fsp3) is 0.350. The molecule has 0 fully saturated rings. The maximum atomic E-state index is 5.87.